The lowest BCUT2D eigenvalue weighted by atomic mass is 10.1. The molecule has 0 amide bonds. The number of nitrogens with one attached hydrogen (secondary N) is 1. The Labute approximate surface area is 99.4 Å². The van der Waals surface area contributed by atoms with Gasteiger partial charge in [0.25, 0.3) is 0 Å². The molecule has 0 radical (unpaired) electrons. The molecule has 1 aliphatic rings. The Morgan fingerprint density at radius 2 is 2.31 bits per heavy atom. The second-order valence-corrected chi connectivity index (χ2v) is 5.10. The summed E-state index contributed by atoms with van der Waals surface area (Å²) in [6.45, 7) is 0.869. The molecule has 1 aromatic heterocycles. The lowest BCUT2D eigenvalue weighted by Crippen LogP contribution is -1.99. The normalized spacial score (nSPS) is 15.0. The maximum absolute atomic E-state index is 4.21. The zero-order valence-corrected chi connectivity index (χ0v) is 9.83. The Morgan fingerprint density at radius 3 is 3.06 bits per heavy atom. The first-order valence-corrected chi connectivity index (χ1v) is 6.52. The smallest absolute Gasteiger partial charge is 0.182 e. The first kappa shape index (κ1) is 9.85. The molecular weight excluding hydrogens is 216 g/mol. The lowest BCUT2D eigenvalue weighted by molar-refractivity contribution is 1.08. The summed E-state index contributed by atoms with van der Waals surface area (Å²) in [6, 6.07) is 8.89. The summed E-state index contributed by atoms with van der Waals surface area (Å²) in [6.07, 6.45) is 4.56. The molecule has 0 unspecified atom stereocenters. The fraction of sp³-hybridized carbons (Fsp3) is 0.308. The molecule has 1 heterocycles. The summed E-state index contributed by atoms with van der Waals surface area (Å²) in [5.41, 5.74) is 2.85. The van der Waals surface area contributed by atoms with Crippen molar-refractivity contribution in [1.82, 2.24) is 4.98 Å². The Morgan fingerprint density at radius 1 is 1.38 bits per heavy atom. The number of anilines is 1. The molecule has 3 heteroatoms. The molecule has 0 spiro atoms. The highest BCUT2D eigenvalue weighted by Crippen LogP contribution is 2.40. The Balaban J connectivity index is 1.67. The van der Waals surface area contributed by atoms with E-state index in [4.69, 9.17) is 0 Å². The minimum Gasteiger partial charge on any atom is -0.357 e. The number of nitrogens with zero attached hydrogens (tertiary/aromatic N) is 1. The fourth-order valence-corrected chi connectivity index (χ4v) is 2.39. The minimum atomic E-state index is 0.833. The highest BCUT2D eigenvalue weighted by atomic mass is 32.1. The van der Waals surface area contributed by atoms with Crippen molar-refractivity contribution in [3.8, 4) is 0 Å². The third-order valence-corrected chi connectivity index (χ3v) is 3.61. The first-order chi connectivity index (χ1) is 7.92. The van der Waals surface area contributed by atoms with E-state index in [2.05, 4.69) is 34.6 Å². The van der Waals surface area contributed by atoms with E-state index in [0.717, 1.165) is 17.6 Å². The van der Waals surface area contributed by atoms with Crippen LogP contribution in [0.25, 0.3) is 0 Å². The van der Waals surface area contributed by atoms with Crippen molar-refractivity contribution in [3.05, 3.63) is 47.0 Å². The molecule has 2 nitrogen and oxygen atoms in total. The van der Waals surface area contributed by atoms with Gasteiger partial charge in [0.2, 0.25) is 0 Å². The van der Waals surface area contributed by atoms with Crippen LogP contribution in [-0.2, 0) is 6.54 Å². The van der Waals surface area contributed by atoms with E-state index < -0.39 is 0 Å². The monoisotopic (exact) mass is 230 g/mol. The molecule has 0 bridgehead atoms. The number of hydrogen-bond donors (Lipinski definition) is 1. The predicted octanol–water partition coefficient (Wildman–Crippen LogP) is 3.63. The standard InChI is InChI=1S/C13H14N2S/c1-2-10(8-12(3-1)11-4-5-11)9-15-13-14-6-7-16-13/h1-3,6-8,11H,4-5,9H2,(H,14,15). The molecule has 1 fully saturated rings. The van der Waals surface area contributed by atoms with Gasteiger partial charge < -0.3 is 5.32 Å². The molecule has 1 N–H and O–H groups in total. The van der Waals surface area contributed by atoms with Gasteiger partial charge >= 0.3 is 0 Å². The van der Waals surface area contributed by atoms with E-state index >= 15 is 0 Å². The number of aromatic nitrogens is 1. The Hall–Kier alpha value is -1.35. The SMILES string of the molecule is c1cc(CNc2nccs2)cc(C2CC2)c1. The highest BCUT2D eigenvalue weighted by molar-refractivity contribution is 7.13. The average molecular weight is 230 g/mol. The average Bonchev–Trinajstić information content (AvgIpc) is 3.05. The zero-order chi connectivity index (χ0) is 10.8. The molecule has 1 saturated carbocycles. The molecule has 82 valence electrons. The van der Waals surface area contributed by atoms with Gasteiger partial charge in [0, 0.05) is 18.1 Å². The molecule has 3 rings (SSSR count). The van der Waals surface area contributed by atoms with Gasteiger partial charge in [0.05, 0.1) is 0 Å². The third-order valence-electron chi connectivity index (χ3n) is 2.88. The van der Waals surface area contributed by atoms with Gasteiger partial charge in [0.1, 0.15) is 0 Å². The fourth-order valence-electron chi connectivity index (χ4n) is 1.86. The van der Waals surface area contributed by atoms with Gasteiger partial charge in [-0.05, 0) is 29.9 Å². The Kier molecular flexibility index (Phi) is 2.62. The van der Waals surface area contributed by atoms with Crippen LogP contribution in [0, 0.1) is 0 Å². The maximum Gasteiger partial charge on any atom is 0.182 e. The van der Waals surface area contributed by atoms with Crippen molar-refractivity contribution in [1.29, 1.82) is 0 Å². The van der Waals surface area contributed by atoms with Crippen LogP contribution >= 0.6 is 11.3 Å². The van der Waals surface area contributed by atoms with Crippen molar-refractivity contribution in [3.63, 3.8) is 0 Å². The van der Waals surface area contributed by atoms with Crippen molar-refractivity contribution in [2.45, 2.75) is 25.3 Å². The van der Waals surface area contributed by atoms with Gasteiger partial charge in [-0.25, -0.2) is 4.98 Å². The molecule has 2 aromatic rings. The van der Waals surface area contributed by atoms with Crippen molar-refractivity contribution in [2.24, 2.45) is 0 Å². The quantitative estimate of drug-likeness (QED) is 0.867. The van der Waals surface area contributed by atoms with E-state index in [1.54, 1.807) is 11.3 Å². The zero-order valence-electron chi connectivity index (χ0n) is 9.02. The van der Waals surface area contributed by atoms with Gasteiger partial charge in [-0.3, -0.25) is 0 Å². The largest absolute Gasteiger partial charge is 0.357 e. The highest BCUT2D eigenvalue weighted by Gasteiger charge is 2.23. The van der Waals surface area contributed by atoms with Crippen LogP contribution in [0.15, 0.2) is 35.8 Å². The summed E-state index contributed by atoms with van der Waals surface area (Å²) < 4.78 is 0. The van der Waals surface area contributed by atoms with Gasteiger partial charge in [-0.2, -0.15) is 0 Å². The van der Waals surface area contributed by atoms with Gasteiger partial charge in [-0.1, -0.05) is 24.3 Å². The van der Waals surface area contributed by atoms with E-state index in [9.17, 15) is 0 Å². The second-order valence-electron chi connectivity index (χ2n) is 4.21. The van der Waals surface area contributed by atoms with Crippen LogP contribution in [0.4, 0.5) is 5.13 Å². The molecular formula is C13H14N2S. The summed E-state index contributed by atoms with van der Waals surface area (Å²) in [4.78, 5) is 4.21. The molecule has 16 heavy (non-hydrogen) atoms. The molecule has 0 saturated heterocycles. The minimum absolute atomic E-state index is 0.833. The maximum atomic E-state index is 4.21. The van der Waals surface area contributed by atoms with Gasteiger partial charge in [-0.15, -0.1) is 11.3 Å². The summed E-state index contributed by atoms with van der Waals surface area (Å²) in [5, 5.41) is 6.32. The summed E-state index contributed by atoms with van der Waals surface area (Å²) in [5.74, 6) is 0.833. The lowest BCUT2D eigenvalue weighted by Gasteiger charge is -2.05. The topological polar surface area (TPSA) is 24.9 Å². The molecule has 1 aromatic carbocycles. The third kappa shape index (κ3) is 2.25. The Bertz CT molecular complexity index is 461. The van der Waals surface area contributed by atoms with Crippen LogP contribution in [0.3, 0.4) is 0 Å². The van der Waals surface area contributed by atoms with E-state index in [0.29, 0.717) is 0 Å². The van der Waals surface area contributed by atoms with E-state index in [1.165, 1.54) is 24.0 Å². The number of hydrogen-bond acceptors (Lipinski definition) is 3. The van der Waals surface area contributed by atoms with E-state index in [-0.39, 0.29) is 0 Å². The number of benzene rings is 1. The van der Waals surface area contributed by atoms with Crippen LogP contribution in [0.2, 0.25) is 0 Å². The predicted molar refractivity (Wildman–Crippen MR) is 67.9 cm³/mol. The second kappa shape index (κ2) is 4.26. The van der Waals surface area contributed by atoms with Crippen molar-refractivity contribution >= 4 is 16.5 Å². The first-order valence-electron chi connectivity index (χ1n) is 5.64. The van der Waals surface area contributed by atoms with E-state index in [1.807, 2.05) is 11.6 Å². The van der Waals surface area contributed by atoms with Crippen LogP contribution < -0.4 is 5.32 Å². The van der Waals surface area contributed by atoms with Crippen LogP contribution in [0.5, 0.6) is 0 Å². The molecule has 0 atom stereocenters. The molecule has 1 aliphatic carbocycles. The van der Waals surface area contributed by atoms with Crippen LogP contribution in [0.1, 0.15) is 29.9 Å². The number of thiazole rings is 1. The van der Waals surface area contributed by atoms with Gasteiger partial charge in [0.15, 0.2) is 5.13 Å². The van der Waals surface area contributed by atoms with Crippen LogP contribution in [-0.4, -0.2) is 4.98 Å². The summed E-state index contributed by atoms with van der Waals surface area (Å²) in [7, 11) is 0. The molecule has 0 aliphatic heterocycles. The van der Waals surface area contributed by atoms with Crippen molar-refractivity contribution < 1.29 is 0 Å². The number of rotatable bonds is 4. The summed E-state index contributed by atoms with van der Waals surface area (Å²) >= 11 is 1.64. The van der Waals surface area contributed by atoms with Crippen molar-refractivity contribution in [2.75, 3.05) is 5.32 Å².